The van der Waals surface area contributed by atoms with E-state index in [4.69, 9.17) is 0 Å². The van der Waals surface area contributed by atoms with Crippen LogP contribution in [-0.4, -0.2) is 57.5 Å². The number of carbonyl (C=O) groups excluding carboxylic acids is 1. The second-order valence-electron chi connectivity index (χ2n) is 8.64. The lowest BCUT2D eigenvalue weighted by Crippen LogP contribution is -2.43. The van der Waals surface area contributed by atoms with E-state index in [0.29, 0.717) is 18.1 Å². The lowest BCUT2D eigenvalue weighted by atomic mass is 9.92. The quantitative estimate of drug-likeness (QED) is 0.645. The molecule has 3 aromatic rings. The Labute approximate surface area is 176 Å². The van der Waals surface area contributed by atoms with Gasteiger partial charge in [0.05, 0.1) is 17.4 Å². The summed E-state index contributed by atoms with van der Waals surface area (Å²) in [5.74, 6) is -0.191. The number of hydrogen-bond acceptors (Lipinski definition) is 3. The molecule has 0 N–H and O–H groups in total. The van der Waals surface area contributed by atoms with E-state index < -0.39 is 0 Å². The first-order valence-electron chi connectivity index (χ1n) is 10.8. The van der Waals surface area contributed by atoms with Gasteiger partial charge in [-0.05, 0) is 49.1 Å². The van der Waals surface area contributed by atoms with Crippen LogP contribution in [0.5, 0.6) is 0 Å². The molecule has 1 amide bonds. The minimum Gasteiger partial charge on any atom is -0.337 e. The van der Waals surface area contributed by atoms with Crippen LogP contribution in [0.1, 0.15) is 41.6 Å². The van der Waals surface area contributed by atoms with Crippen molar-refractivity contribution in [2.75, 3.05) is 20.1 Å². The maximum atomic E-state index is 13.4. The normalized spacial score (nSPS) is 19.9. The average molecular weight is 407 g/mol. The van der Waals surface area contributed by atoms with Gasteiger partial charge in [-0.25, -0.2) is 9.37 Å². The van der Waals surface area contributed by atoms with Crippen molar-refractivity contribution in [3.05, 3.63) is 65.7 Å². The van der Waals surface area contributed by atoms with Gasteiger partial charge in [0.25, 0.3) is 5.91 Å². The Bertz CT molecular complexity index is 1060. The Hall–Kier alpha value is -2.73. The second kappa shape index (κ2) is 7.84. The van der Waals surface area contributed by atoms with Crippen molar-refractivity contribution in [2.45, 2.75) is 44.3 Å². The summed E-state index contributed by atoms with van der Waals surface area (Å²) in [6, 6.07) is 13.5. The Balaban J connectivity index is 1.24. The van der Waals surface area contributed by atoms with Gasteiger partial charge in [-0.1, -0.05) is 18.6 Å². The van der Waals surface area contributed by atoms with E-state index in [1.54, 1.807) is 12.4 Å². The molecule has 1 saturated heterocycles. The SMILES string of the molecule is CN(C(=O)c1ccc(Cn2cnc3cc(F)ccc32)cc1)[C@@H]1CCN(C2CCC2)C1. The molecule has 2 aliphatic rings. The predicted octanol–water partition coefficient (Wildman–Crippen LogP) is 3.92. The molecule has 30 heavy (non-hydrogen) atoms. The Morgan fingerprint density at radius 1 is 1.17 bits per heavy atom. The van der Waals surface area contributed by atoms with E-state index in [1.165, 1.54) is 31.4 Å². The third-order valence-electron chi connectivity index (χ3n) is 6.79. The van der Waals surface area contributed by atoms with Crippen molar-refractivity contribution < 1.29 is 9.18 Å². The van der Waals surface area contributed by atoms with E-state index >= 15 is 0 Å². The van der Waals surface area contributed by atoms with Crippen molar-refractivity contribution in [2.24, 2.45) is 0 Å². The largest absolute Gasteiger partial charge is 0.337 e. The highest BCUT2D eigenvalue weighted by Crippen LogP contribution is 2.29. The molecule has 0 spiro atoms. The zero-order valence-electron chi connectivity index (χ0n) is 17.3. The van der Waals surface area contributed by atoms with E-state index in [9.17, 15) is 9.18 Å². The van der Waals surface area contributed by atoms with E-state index in [1.807, 2.05) is 40.8 Å². The van der Waals surface area contributed by atoms with Gasteiger partial charge < -0.3 is 9.47 Å². The van der Waals surface area contributed by atoms with Crippen LogP contribution in [0.2, 0.25) is 0 Å². The molecule has 156 valence electrons. The molecule has 5 nitrogen and oxygen atoms in total. The van der Waals surface area contributed by atoms with Crippen molar-refractivity contribution in [3.8, 4) is 0 Å². The minimum absolute atomic E-state index is 0.0885. The summed E-state index contributed by atoms with van der Waals surface area (Å²) >= 11 is 0. The molecular formula is C24H27FN4O. The number of imidazole rings is 1. The number of aromatic nitrogens is 2. The fraction of sp³-hybridized carbons (Fsp3) is 0.417. The number of amides is 1. The first-order chi connectivity index (χ1) is 14.6. The molecule has 1 aromatic heterocycles. The molecule has 5 rings (SSSR count). The summed E-state index contributed by atoms with van der Waals surface area (Å²) in [6.45, 7) is 2.74. The number of likely N-dealkylation sites (tertiary alicyclic amines) is 1. The summed E-state index contributed by atoms with van der Waals surface area (Å²) in [7, 11) is 1.93. The number of nitrogens with zero attached hydrogens (tertiary/aromatic N) is 4. The highest BCUT2D eigenvalue weighted by molar-refractivity contribution is 5.94. The molecule has 0 bridgehead atoms. The number of benzene rings is 2. The molecule has 2 heterocycles. The number of fused-ring (bicyclic) bond motifs is 1. The van der Waals surface area contributed by atoms with Crippen LogP contribution >= 0.6 is 0 Å². The first-order valence-corrected chi connectivity index (χ1v) is 10.8. The Morgan fingerprint density at radius 2 is 1.97 bits per heavy atom. The summed E-state index contributed by atoms with van der Waals surface area (Å²) < 4.78 is 15.4. The molecule has 1 aliphatic carbocycles. The van der Waals surface area contributed by atoms with Crippen molar-refractivity contribution in [1.29, 1.82) is 0 Å². The van der Waals surface area contributed by atoms with Gasteiger partial charge in [0.15, 0.2) is 0 Å². The van der Waals surface area contributed by atoms with Gasteiger partial charge in [-0.2, -0.15) is 0 Å². The summed E-state index contributed by atoms with van der Waals surface area (Å²) in [5.41, 5.74) is 3.35. The van der Waals surface area contributed by atoms with Gasteiger partial charge in [0, 0.05) is 50.4 Å². The number of halogens is 1. The maximum Gasteiger partial charge on any atom is 0.253 e. The number of rotatable bonds is 5. The summed E-state index contributed by atoms with van der Waals surface area (Å²) in [5, 5.41) is 0. The Kier molecular flexibility index (Phi) is 5.03. The molecule has 6 heteroatoms. The number of carbonyl (C=O) groups is 1. The molecule has 1 saturated carbocycles. The van der Waals surface area contributed by atoms with E-state index in [0.717, 1.165) is 42.2 Å². The van der Waals surface area contributed by atoms with Gasteiger partial charge in [-0.15, -0.1) is 0 Å². The predicted molar refractivity (Wildman–Crippen MR) is 115 cm³/mol. The van der Waals surface area contributed by atoms with Crippen LogP contribution in [0.3, 0.4) is 0 Å². The zero-order valence-corrected chi connectivity index (χ0v) is 17.3. The van der Waals surface area contributed by atoms with Crippen LogP contribution in [-0.2, 0) is 6.54 Å². The van der Waals surface area contributed by atoms with Gasteiger partial charge >= 0.3 is 0 Å². The fourth-order valence-electron chi connectivity index (χ4n) is 4.65. The second-order valence-corrected chi connectivity index (χ2v) is 8.64. The molecule has 1 atom stereocenters. The van der Waals surface area contributed by atoms with E-state index in [-0.39, 0.29) is 11.7 Å². The highest BCUT2D eigenvalue weighted by atomic mass is 19.1. The summed E-state index contributed by atoms with van der Waals surface area (Å²) in [6.07, 6.45) is 6.76. The molecular weight excluding hydrogens is 379 g/mol. The summed E-state index contributed by atoms with van der Waals surface area (Å²) in [4.78, 5) is 21.7. The molecule has 0 radical (unpaired) electrons. The first kappa shape index (κ1) is 19.2. The average Bonchev–Trinajstić information content (AvgIpc) is 3.34. The van der Waals surface area contributed by atoms with Crippen LogP contribution in [0.25, 0.3) is 11.0 Å². The van der Waals surface area contributed by atoms with Gasteiger partial charge in [-0.3, -0.25) is 9.69 Å². The zero-order chi connectivity index (χ0) is 20.7. The van der Waals surface area contributed by atoms with Crippen molar-refractivity contribution in [3.63, 3.8) is 0 Å². The van der Waals surface area contributed by atoms with Crippen LogP contribution < -0.4 is 0 Å². The number of likely N-dealkylation sites (N-methyl/N-ethyl adjacent to an activating group) is 1. The third-order valence-corrected chi connectivity index (χ3v) is 6.79. The number of hydrogen-bond donors (Lipinski definition) is 0. The fourth-order valence-corrected chi connectivity index (χ4v) is 4.65. The maximum absolute atomic E-state index is 13.4. The Morgan fingerprint density at radius 3 is 2.70 bits per heavy atom. The van der Waals surface area contributed by atoms with E-state index in [2.05, 4.69) is 9.88 Å². The molecule has 2 aromatic carbocycles. The van der Waals surface area contributed by atoms with Gasteiger partial charge in [0.1, 0.15) is 5.82 Å². The molecule has 1 aliphatic heterocycles. The third kappa shape index (κ3) is 3.60. The monoisotopic (exact) mass is 406 g/mol. The van der Waals surface area contributed by atoms with Crippen molar-refractivity contribution >= 4 is 16.9 Å². The van der Waals surface area contributed by atoms with Gasteiger partial charge in [0.2, 0.25) is 0 Å². The lowest BCUT2D eigenvalue weighted by Gasteiger charge is -2.35. The van der Waals surface area contributed by atoms with Crippen LogP contribution in [0, 0.1) is 5.82 Å². The smallest absolute Gasteiger partial charge is 0.253 e. The van der Waals surface area contributed by atoms with Crippen LogP contribution in [0.4, 0.5) is 4.39 Å². The minimum atomic E-state index is -0.280. The molecule has 0 unspecified atom stereocenters. The van der Waals surface area contributed by atoms with Crippen molar-refractivity contribution in [1.82, 2.24) is 19.4 Å². The highest BCUT2D eigenvalue weighted by Gasteiger charge is 2.34. The topological polar surface area (TPSA) is 41.4 Å². The molecule has 2 fully saturated rings. The van der Waals surface area contributed by atoms with Crippen LogP contribution in [0.15, 0.2) is 48.8 Å². The standard InChI is InChI=1S/C24H27FN4O/c1-27(21-11-12-28(15-21)20-3-2-4-20)24(30)18-7-5-17(6-8-18)14-29-16-26-22-13-19(25)9-10-23(22)29/h5-10,13,16,20-21H,2-4,11-12,14-15H2,1H3/t21-/m1/s1. The lowest BCUT2D eigenvalue weighted by molar-refractivity contribution is 0.0720.